The molecule has 0 saturated heterocycles. The Labute approximate surface area is 92.0 Å². The fourth-order valence-corrected chi connectivity index (χ4v) is 1.68. The van der Waals surface area contributed by atoms with E-state index in [1.165, 1.54) is 0 Å². The number of thioether (sulfide) groups is 1. The summed E-state index contributed by atoms with van der Waals surface area (Å²) in [5, 5.41) is 8.32. The lowest BCUT2D eigenvalue weighted by Crippen LogP contribution is -2.00. The number of halogens is 4. The Morgan fingerprint density at radius 2 is 2.00 bits per heavy atom. The number of benzene rings is 1. The molecule has 0 saturated carbocycles. The number of hydrogen-bond donors (Lipinski definition) is 1. The average molecular weight is 257 g/mol. The zero-order valence-corrected chi connectivity index (χ0v) is 8.58. The van der Waals surface area contributed by atoms with E-state index in [0.717, 1.165) is 18.2 Å². The molecule has 1 N–H and O–H groups in total. The molecule has 0 radical (unpaired) electrons. The maximum absolute atomic E-state index is 12.0. The smallest absolute Gasteiger partial charge is 0.446 e. The Kier molecular flexibility index (Phi) is 3.51. The van der Waals surface area contributed by atoms with Crippen molar-refractivity contribution in [2.75, 3.05) is 0 Å². The van der Waals surface area contributed by atoms with Gasteiger partial charge in [-0.1, -0.05) is 11.6 Å². The van der Waals surface area contributed by atoms with Crippen molar-refractivity contribution < 1.29 is 23.1 Å². The lowest BCUT2D eigenvalue weighted by atomic mass is 10.2. The molecule has 0 aliphatic rings. The Bertz CT molecular complexity index is 392. The zero-order valence-electron chi connectivity index (χ0n) is 7.01. The van der Waals surface area contributed by atoms with Crippen LogP contribution in [-0.4, -0.2) is 16.6 Å². The van der Waals surface area contributed by atoms with Crippen LogP contribution in [0.3, 0.4) is 0 Å². The van der Waals surface area contributed by atoms with Crippen LogP contribution in [0.2, 0.25) is 5.02 Å². The molecule has 82 valence electrons. The molecule has 2 nitrogen and oxygen atoms in total. The third-order valence-electron chi connectivity index (χ3n) is 1.40. The summed E-state index contributed by atoms with van der Waals surface area (Å²) in [4.78, 5) is 10.2. The molecule has 1 aromatic rings. The highest BCUT2D eigenvalue weighted by Gasteiger charge is 2.30. The summed E-state index contributed by atoms with van der Waals surface area (Å²) in [6.45, 7) is 0. The van der Waals surface area contributed by atoms with Crippen LogP contribution in [-0.2, 0) is 0 Å². The number of rotatable bonds is 2. The molecule has 0 heterocycles. The second-order valence-electron chi connectivity index (χ2n) is 2.50. The highest BCUT2D eigenvalue weighted by Crippen LogP contribution is 2.40. The predicted molar refractivity (Wildman–Crippen MR) is 50.3 cm³/mol. The maximum atomic E-state index is 12.0. The van der Waals surface area contributed by atoms with Gasteiger partial charge < -0.3 is 5.11 Å². The molecule has 1 aromatic carbocycles. The fraction of sp³-hybridized carbons (Fsp3) is 0.125. The van der Waals surface area contributed by atoms with E-state index in [2.05, 4.69) is 0 Å². The van der Waals surface area contributed by atoms with Crippen LogP contribution in [0.4, 0.5) is 13.2 Å². The summed E-state index contributed by atoms with van der Waals surface area (Å²) in [5.74, 6) is -1.24. The molecule has 0 aliphatic carbocycles. The van der Waals surface area contributed by atoms with Gasteiger partial charge in [-0.3, -0.25) is 0 Å². The lowest BCUT2D eigenvalue weighted by molar-refractivity contribution is -0.0328. The van der Waals surface area contributed by atoms with Crippen LogP contribution in [0.15, 0.2) is 23.1 Å². The summed E-state index contributed by atoms with van der Waals surface area (Å²) in [6, 6.07) is 3.09. The monoisotopic (exact) mass is 256 g/mol. The third-order valence-corrected chi connectivity index (χ3v) is 2.64. The van der Waals surface area contributed by atoms with Gasteiger partial charge in [0.25, 0.3) is 0 Å². The molecule has 1 rings (SSSR count). The third kappa shape index (κ3) is 3.64. The Balaban J connectivity index is 2.99. The zero-order chi connectivity index (χ0) is 11.6. The van der Waals surface area contributed by atoms with Crippen molar-refractivity contribution in [3.05, 3.63) is 28.8 Å². The van der Waals surface area contributed by atoms with Gasteiger partial charge in [0.15, 0.2) is 0 Å². The second kappa shape index (κ2) is 4.32. The van der Waals surface area contributed by atoms with E-state index in [4.69, 9.17) is 16.7 Å². The number of alkyl halides is 3. The first-order valence-electron chi connectivity index (χ1n) is 3.58. The summed E-state index contributed by atoms with van der Waals surface area (Å²) >= 11 is 5.12. The maximum Gasteiger partial charge on any atom is 0.446 e. The summed E-state index contributed by atoms with van der Waals surface area (Å²) in [6.07, 6.45) is 0. The van der Waals surface area contributed by atoms with Gasteiger partial charge in [-0.15, -0.1) is 0 Å². The quantitative estimate of drug-likeness (QED) is 0.821. The minimum atomic E-state index is -4.44. The van der Waals surface area contributed by atoms with Crippen molar-refractivity contribution in [1.82, 2.24) is 0 Å². The van der Waals surface area contributed by atoms with Crippen molar-refractivity contribution in [2.45, 2.75) is 10.4 Å². The van der Waals surface area contributed by atoms with Gasteiger partial charge in [-0.25, -0.2) is 4.79 Å². The molecule has 0 bridgehead atoms. The Morgan fingerprint density at radius 1 is 1.40 bits per heavy atom. The molecule has 0 fully saturated rings. The van der Waals surface area contributed by atoms with Crippen molar-refractivity contribution in [1.29, 1.82) is 0 Å². The Morgan fingerprint density at radius 3 is 2.40 bits per heavy atom. The van der Waals surface area contributed by atoms with Gasteiger partial charge in [0.05, 0.1) is 10.6 Å². The van der Waals surface area contributed by atoms with E-state index in [9.17, 15) is 18.0 Å². The molecule has 0 aliphatic heterocycles. The van der Waals surface area contributed by atoms with Crippen LogP contribution in [0, 0.1) is 0 Å². The fourth-order valence-electron chi connectivity index (χ4n) is 0.841. The molecular formula is C8H4ClF3O2S. The van der Waals surface area contributed by atoms with Crippen molar-refractivity contribution in [3.63, 3.8) is 0 Å². The first kappa shape index (κ1) is 12.2. The average Bonchev–Trinajstić information content (AvgIpc) is 2.05. The van der Waals surface area contributed by atoms with E-state index in [-0.39, 0.29) is 27.2 Å². The van der Waals surface area contributed by atoms with Crippen molar-refractivity contribution in [2.24, 2.45) is 0 Å². The van der Waals surface area contributed by atoms with Crippen molar-refractivity contribution >= 4 is 29.3 Å². The first-order valence-corrected chi connectivity index (χ1v) is 4.77. The molecule has 0 spiro atoms. The largest absolute Gasteiger partial charge is 0.478 e. The summed E-state index contributed by atoms with van der Waals surface area (Å²) < 4.78 is 35.9. The van der Waals surface area contributed by atoms with Crippen LogP contribution >= 0.6 is 23.4 Å². The summed E-state index contributed by atoms with van der Waals surface area (Å²) in [7, 11) is 0. The standard InChI is InChI=1S/C8H4ClF3O2S/c9-5-3-4(7(13)14)1-2-6(5)15-8(10,11)12/h1-3H,(H,13,14). The molecule has 0 unspecified atom stereocenters. The van der Waals surface area contributed by atoms with E-state index < -0.39 is 11.5 Å². The number of carbonyl (C=O) groups is 1. The molecule has 0 aromatic heterocycles. The molecule has 0 atom stereocenters. The highest BCUT2D eigenvalue weighted by molar-refractivity contribution is 8.00. The Hall–Kier alpha value is -0.880. The first-order chi connectivity index (χ1) is 6.79. The van der Waals surface area contributed by atoms with Crippen LogP contribution in [0.1, 0.15) is 10.4 Å². The number of carboxylic acids is 1. The van der Waals surface area contributed by atoms with Gasteiger partial charge in [0, 0.05) is 4.90 Å². The van der Waals surface area contributed by atoms with Crippen LogP contribution in [0.25, 0.3) is 0 Å². The minimum Gasteiger partial charge on any atom is -0.478 e. The van der Waals surface area contributed by atoms with Crippen molar-refractivity contribution in [3.8, 4) is 0 Å². The highest BCUT2D eigenvalue weighted by atomic mass is 35.5. The number of carboxylic acid groups (broad SMARTS) is 1. The normalized spacial score (nSPS) is 11.5. The number of aromatic carboxylic acids is 1. The molecule has 7 heteroatoms. The van der Waals surface area contributed by atoms with Gasteiger partial charge in [-0.05, 0) is 30.0 Å². The van der Waals surface area contributed by atoms with Gasteiger partial charge in [-0.2, -0.15) is 13.2 Å². The van der Waals surface area contributed by atoms with Gasteiger partial charge >= 0.3 is 11.5 Å². The molecular weight excluding hydrogens is 253 g/mol. The van der Waals surface area contributed by atoms with Gasteiger partial charge in [0.2, 0.25) is 0 Å². The lowest BCUT2D eigenvalue weighted by Gasteiger charge is -2.07. The van der Waals surface area contributed by atoms with Gasteiger partial charge in [0.1, 0.15) is 0 Å². The summed E-state index contributed by atoms with van der Waals surface area (Å²) in [5.41, 5.74) is -4.58. The van der Waals surface area contributed by atoms with E-state index in [0.29, 0.717) is 0 Å². The number of hydrogen-bond acceptors (Lipinski definition) is 2. The molecule has 15 heavy (non-hydrogen) atoms. The van der Waals surface area contributed by atoms with E-state index in [1.54, 1.807) is 0 Å². The SMILES string of the molecule is O=C(O)c1ccc(SC(F)(F)F)c(Cl)c1. The topological polar surface area (TPSA) is 37.3 Å². The van der Waals surface area contributed by atoms with Crippen LogP contribution in [0.5, 0.6) is 0 Å². The second-order valence-corrected chi connectivity index (χ2v) is 4.01. The van der Waals surface area contributed by atoms with E-state index in [1.807, 2.05) is 0 Å². The minimum absolute atomic E-state index is 0.147. The predicted octanol–water partition coefficient (Wildman–Crippen LogP) is 3.65. The van der Waals surface area contributed by atoms with E-state index >= 15 is 0 Å². The molecule has 0 amide bonds. The van der Waals surface area contributed by atoms with Crippen LogP contribution < -0.4 is 0 Å².